The Morgan fingerprint density at radius 2 is 1.06 bits per heavy atom. The van der Waals surface area contributed by atoms with Crippen LogP contribution in [0.2, 0.25) is 0 Å². The summed E-state index contributed by atoms with van der Waals surface area (Å²) < 4.78 is 8.50. The third-order valence-corrected chi connectivity index (χ3v) is 9.95. The summed E-state index contributed by atoms with van der Waals surface area (Å²) in [5.74, 6) is 0. The number of fused-ring (bicyclic) bond motifs is 9. The lowest BCUT2D eigenvalue weighted by atomic mass is 9.93. The molecule has 7 aromatic carbocycles. The molecule has 0 N–H and O–H groups in total. The largest absolute Gasteiger partial charge is 0.456 e. The van der Waals surface area contributed by atoms with Crippen LogP contribution in [0.25, 0.3) is 88.4 Å². The first kappa shape index (κ1) is 26.1. The van der Waals surface area contributed by atoms with Crippen molar-refractivity contribution >= 4 is 49.3 Å². The van der Waals surface area contributed by atoms with Crippen molar-refractivity contribution in [1.29, 1.82) is 0 Å². The zero-order valence-electron chi connectivity index (χ0n) is 25.9. The van der Waals surface area contributed by atoms with E-state index in [9.17, 15) is 0 Å². The Morgan fingerprint density at radius 1 is 0.447 bits per heavy atom. The van der Waals surface area contributed by atoms with Crippen LogP contribution in [0.1, 0.15) is 18.1 Å². The zero-order valence-corrected chi connectivity index (χ0v) is 25.9. The fourth-order valence-electron chi connectivity index (χ4n) is 7.82. The van der Waals surface area contributed by atoms with Crippen molar-refractivity contribution < 1.29 is 4.42 Å². The van der Waals surface area contributed by atoms with Crippen LogP contribution in [0.5, 0.6) is 0 Å². The van der Waals surface area contributed by atoms with Crippen LogP contribution in [0.15, 0.2) is 162 Å². The molecule has 2 heterocycles. The van der Waals surface area contributed by atoms with Crippen LogP contribution in [0.3, 0.4) is 0 Å². The Labute approximate surface area is 272 Å². The van der Waals surface area contributed by atoms with Crippen LogP contribution in [-0.4, -0.2) is 4.57 Å². The van der Waals surface area contributed by atoms with Crippen LogP contribution < -0.4 is 0 Å². The molecule has 1 aliphatic rings. The maximum atomic E-state index is 6.10. The summed E-state index contributed by atoms with van der Waals surface area (Å²) >= 11 is 0. The first-order valence-electron chi connectivity index (χ1n) is 16.2. The highest BCUT2D eigenvalue weighted by Gasteiger charge is 2.25. The summed E-state index contributed by atoms with van der Waals surface area (Å²) in [6.07, 6.45) is 2.25. The van der Waals surface area contributed by atoms with E-state index in [4.69, 9.17) is 4.42 Å². The number of hydrogen-bond acceptors (Lipinski definition) is 1. The molecule has 0 saturated heterocycles. The minimum atomic E-state index is 0.919. The van der Waals surface area contributed by atoms with Crippen LogP contribution >= 0.6 is 0 Å². The monoisotopic (exact) mass is 599 g/mol. The smallest absolute Gasteiger partial charge is 0.135 e. The van der Waals surface area contributed by atoms with E-state index < -0.39 is 0 Å². The molecule has 2 heteroatoms. The van der Waals surface area contributed by atoms with Crippen LogP contribution in [0.4, 0.5) is 0 Å². The van der Waals surface area contributed by atoms with E-state index in [0.29, 0.717) is 0 Å². The lowest BCUT2D eigenvalue weighted by Crippen LogP contribution is -1.94. The van der Waals surface area contributed by atoms with E-state index in [-0.39, 0.29) is 0 Å². The standard InChI is InChI=1S/C45H29NO/c1-2-32-34-10-3-4-11-35(34)38-15-9-14-33(45(32)38)28-18-22-31(23-19-28)46-41-16-7-5-12-36(41)39-26-29(20-24-42(39)46)30-21-25-44-40(27-30)37-13-6-8-17-43(37)47-44/h2-27H,1H3/b32-2-. The minimum absolute atomic E-state index is 0.919. The lowest BCUT2D eigenvalue weighted by molar-refractivity contribution is 0.669. The molecule has 0 amide bonds. The summed E-state index contributed by atoms with van der Waals surface area (Å²) in [4.78, 5) is 0. The zero-order chi connectivity index (χ0) is 31.1. The first-order chi connectivity index (χ1) is 23.3. The summed E-state index contributed by atoms with van der Waals surface area (Å²) in [5.41, 5.74) is 16.9. The third kappa shape index (κ3) is 3.79. The topological polar surface area (TPSA) is 18.1 Å². The maximum Gasteiger partial charge on any atom is 0.135 e. The van der Waals surface area contributed by atoms with Crippen LogP contribution in [-0.2, 0) is 0 Å². The van der Waals surface area contributed by atoms with Crippen molar-refractivity contribution in [3.05, 3.63) is 169 Å². The van der Waals surface area contributed by atoms with E-state index in [1.54, 1.807) is 0 Å². The van der Waals surface area contributed by atoms with Gasteiger partial charge >= 0.3 is 0 Å². The predicted octanol–water partition coefficient (Wildman–Crippen LogP) is 12.4. The molecular formula is C45H29NO. The van der Waals surface area contributed by atoms with Gasteiger partial charge in [-0.3, -0.25) is 0 Å². The first-order valence-corrected chi connectivity index (χ1v) is 16.2. The molecule has 0 saturated carbocycles. The normalized spacial score (nSPS) is 13.3. The molecule has 2 aromatic heterocycles. The maximum absolute atomic E-state index is 6.10. The van der Waals surface area contributed by atoms with Gasteiger partial charge in [-0.2, -0.15) is 0 Å². The fraction of sp³-hybridized carbons (Fsp3) is 0.0222. The number of rotatable bonds is 3. The van der Waals surface area contributed by atoms with E-state index in [2.05, 4.69) is 157 Å². The van der Waals surface area contributed by atoms with E-state index in [1.165, 1.54) is 71.9 Å². The van der Waals surface area contributed by atoms with Gasteiger partial charge in [0.05, 0.1) is 11.0 Å². The number of hydrogen-bond donors (Lipinski definition) is 0. The highest BCUT2D eigenvalue weighted by atomic mass is 16.3. The van der Waals surface area contributed by atoms with E-state index in [1.807, 2.05) is 12.1 Å². The number of para-hydroxylation sites is 2. The number of nitrogens with zero attached hydrogens (tertiary/aromatic N) is 1. The average molecular weight is 600 g/mol. The summed E-state index contributed by atoms with van der Waals surface area (Å²) in [6, 6.07) is 54.9. The van der Waals surface area contributed by atoms with Crippen LogP contribution in [0, 0.1) is 0 Å². The average Bonchev–Trinajstić information content (AvgIpc) is 3.78. The van der Waals surface area contributed by atoms with Crippen molar-refractivity contribution in [2.24, 2.45) is 0 Å². The van der Waals surface area contributed by atoms with Crippen molar-refractivity contribution in [3.8, 4) is 39.1 Å². The van der Waals surface area contributed by atoms with Crippen molar-refractivity contribution in [2.45, 2.75) is 6.92 Å². The molecule has 220 valence electrons. The number of allylic oxidation sites excluding steroid dienone is 1. The van der Waals surface area contributed by atoms with Gasteiger partial charge in [0.15, 0.2) is 0 Å². The van der Waals surface area contributed by atoms with Gasteiger partial charge in [-0.05, 0) is 106 Å². The Hall–Kier alpha value is -6.12. The number of furan rings is 1. The van der Waals surface area contributed by atoms with Gasteiger partial charge in [0.25, 0.3) is 0 Å². The van der Waals surface area contributed by atoms with Gasteiger partial charge in [0.2, 0.25) is 0 Å². The predicted molar refractivity (Wildman–Crippen MR) is 197 cm³/mol. The van der Waals surface area contributed by atoms with Gasteiger partial charge in [0.1, 0.15) is 11.2 Å². The Kier molecular flexibility index (Phi) is 5.53. The fourth-order valence-corrected chi connectivity index (χ4v) is 7.82. The molecule has 0 fully saturated rings. The highest BCUT2D eigenvalue weighted by Crippen LogP contribution is 2.48. The quantitative estimate of drug-likeness (QED) is 0.198. The van der Waals surface area contributed by atoms with Gasteiger partial charge < -0.3 is 8.98 Å². The SMILES string of the molecule is C/C=C1/c2ccccc2-c2cccc(-c3ccc(-n4c5ccccc5c5cc(-c6ccc7oc8ccccc8c7c6)ccc54)cc3)c21. The Bertz CT molecular complexity index is 2740. The second kappa shape index (κ2) is 9.94. The summed E-state index contributed by atoms with van der Waals surface area (Å²) in [7, 11) is 0. The molecule has 0 unspecified atom stereocenters. The number of aromatic nitrogens is 1. The Balaban J connectivity index is 1.09. The highest BCUT2D eigenvalue weighted by molar-refractivity contribution is 6.11. The minimum Gasteiger partial charge on any atom is -0.456 e. The molecule has 0 spiro atoms. The third-order valence-electron chi connectivity index (χ3n) is 9.95. The van der Waals surface area contributed by atoms with E-state index in [0.717, 1.165) is 27.6 Å². The number of benzene rings is 7. The molecule has 0 radical (unpaired) electrons. The molecule has 1 aliphatic carbocycles. The molecule has 0 atom stereocenters. The molecule has 47 heavy (non-hydrogen) atoms. The molecule has 9 aromatic rings. The summed E-state index contributed by atoms with van der Waals surface area (Å²) in [6.45, 7) is 2.15. The van der Waals surface area contributed by atoms with Gasteiger partial charge in [0, 0.05) is 27.2 Å². The molecule has 2 nitrogen and oxygen atoms in total. The lowest BCUT2D eigenvalue weighted by Gasteiger charge is -2.13. The summed E-state index contributed by atoms with van der Waals surface area (Å²) in [5, 5.41) is 4.79. The van der Waals surface area contributed by atoms with Gasteiger partial charge in [-0.25, -0.2) is 0 Å². The van der Waals surface area contributed by atoms with Crippen molar-refractivity contribution in [2.75, 3.05) is 0 Å². The Morgan fingerprint density at radius 3 is 1.91 bits per heavy atom. The molecular weight excluding hydrogens is 571 g/mol. The van der Waals surface area contributed by atoms with Crippen molar-refractivity contribution in [3.63, 3.8) is 0 Å². The molecule has 10 rings (SSSR count). The van der Waals surface area contributed by atoms with Gasteiger partial charge in [-0.15, -0.1) is 0 Å². The second-order valence-corrected chi connectivity index (χ2v) is 12.4. The second-order valence-electron chi connectivity index (χ2n) is 12.4. The molecule has 0 bridgehead atoms. The molecule has 0 aliphatic heterocycles. The van der Waals surface area contributed by atoms with Gasteiger partial charge in [-0.1, -0.05) is 109 Å². The van der Waals surface area contributed by atoms with E-state index >= 15 is 0 Å². The van der Waals surface area contributed by atoms with Crippen molar-refractivity contribution in [1.82, 2.24) is 4.57 Å².